The van der Waals surface area contributed by atoms with Crippen LogP contribution in [0.1, 0.15) is 0 Å². The molecular weight excluding hydrogens is 249 g/mol. The van der Waals surface area contributed by atoms with Crippen LogP contribution in [0.5, 0.6) is 0 Å². The minimum Gasteiger partial charge on any atom is -0.460 e. The maximum absolute atomic E-state index is 11.3. The van der Waals surface area contributed by atoms with Crippen LogP contribution in [-0.4, -0.2) is 51.3 Å². The molecule has 100 valence electrons. The predicted molar refractivity (Wildman–Crippen MR) is 60.6 cm³/mol. The van der Waals surface area contributed by atoms with Crippen LogP contribution >= 0.6 is 7.82 Å². The van der Waals surface area contributed by atoms with Crippen molar-refractivity contribution in [2.75, 3.05) is 40.5 Å². The largest absolute Gasteiger partial charge is 0.472 e. The number of hydrogen-bond acceptors (Lipinski definition) is 5. The van der Waals surface area contributed by atoms with Crippen LogP contribution in [0.2, 0.25) is 0 Å². The molecule has 0 aromatic rings. The zero-order valence-electron chi connectivity index (χ0n) is 10.0. The lowest BCUT2D eigenvalue weighted by molar-refractivity contribution is -0.858. The number of hydrogen-bond donors (Lipinski definition) is 2. The number of esters is 1. The molecule has 0 saturated carbocycles. The van der Waals surface area contributed by atoms with Crippen molar-refractivity contribution in [2.24, 2.45) is 0 Å². The Labute approximate surface area is 101 Å². The van der Waals surface area contributed by atoms with E-state index in [1.807, 2.05) is 14.1 Å². The van der Waals surface area contributed by atoms with Gasteiger partial charge in [0.15, 0.2) is 0 Å². The first kappa shape index (κ1) is 16.3. The minimum atomic E-state index is -4.05. The van der Waals surface area contributed by atoms with Gasteiger partial charge in [-0.2, -0.15) is 0 Å². The van der Waals surface area contributed by atoms with Gasteiger partial charge >= 0.3 is 13.8 Å². The molecule has 1 unspecified atom stereocenters. The highest BCUT2D eigenvalue weighted by atomic mass is 31.2. The third kappa shape index (κ3) is 10.2. The van der Waals surface area contributed by atoms with Gasteiger partial charge in [0.25, 0.3) is 0 Å². The second-order valence-electron chi connectivity index (χ2n) is 3.46. The number of carbonyl (C=O) groups excluding carboxylic acids is 1. The molecule has 0 aromatic heterocycles. The summed E-state index contributed by atoms with van der Waals surface area (Å²) in [5.41, 5.74) is 0. The normalized spacial score (nSPS) is 14.4. The number of ether oxygens (including phenoxy) is 1. The van der Waals surface area contributed by atoms with Crippen LogP contribution in [0, 0.1) is 0 Å². The van der Waals surface area contributed by atoms with E-state index in [1.165, 1.54) is 0 Å². The van der Waals surface area contributed by atoms with Crippen LogP contribution in [-0.2, 0) is 23.1 Å². The molecule has 0 radical (unpaired) electrons. The van der Waals surface area contributed by atoms with Crippen molar-refractivity contribution >= 4 is 13.8 Å². The van der Waals surface area contributed by atoms with Crippen molar-refractivity contribution < 1.29 is 32.9 Å². The van der Waals surface area contributed by atoms with Gasteiger partial charge in [0.2, 0.25) is 0 Å². The van der Waals surface area contributed by atoms with Crippen molar-refractivity contribution in [1.82, 2.24) is 0 Å². The molecule has 0 aromatic carbocycles. The van der Waals surface area contributed by atoms with Crippen LogP contribution in [0.3, 0.4) is 0 Å². The Bertz CT molecular complexity index is 293. The smallest absolute Gasteiger partial charge is 0.460 e. The molecular formula is C9H19NO6P+. The molecule has 0 heterocycles. The summed E-state index contributed by atoms with van der Waals surface area (Å²) >= 11 is 0. The standard InChI is InChI=1S/C9H18NO6P/c1-4-9(11)14-7-8-16-17(12,13)15-6-5-10(2)3/h4H,1,5-8H2,2-3H3,(H,12,13)/p+1. The number of phosphoric ester groups is 1. The molecule has 1 atom stereocenters. The summed E-state index contributed by atoms with van der Waals surface area (Å²) in [4.78, 5) is 20.9. The van der Waals surface area contributed by atoms with Crippen molar-refractivity contribution in [3.05, 3.63) is 12.7 Å². The molecule has 17 heavy (non-hydrogen) atoms. The van der Waals surface area contributed by atoms with E-state index in [2.05, 4.69) is 20.4 Å². The predicted octanol–water partition coefficient (Wildman–Crippen LogP) is -1.01. The van der Waals surface area contributed by atoms with Crippen LogP contribution in [0.25, 0.3) is 0 Å². The summed E-state index contributed by atoms with van der Waals surface area (Å²) in [5.74, 6) is -0.613. The monoisotopic (exact) mass is 268 g/mol. The van der Waals surface area contributed by atoms with Gasteiger partial charge in [0.05, 0.1) is 20.7 Å². The lowest BCUT2D eigenvalue weighted by Gasteiger charge is -2.13. The van der Waals surface area contributed by atoms with Gasteiger partial charge < -0.3 is 14.5 Å². The Morgan fingerprint density at radius 3 is 2.47 bits per heavy atom. The second-order valence-corrected chi connectivity index (χ2v) is 4.92. The zero-order valence-corrected chi connectivity index (χ0v) is 10.9. The number of likely N-dealkylation sites (N-methyl/N-ethyl adjacent to an activating group) is 1. The fraction of sp³-hybridized carbons (Fsp3) is 0.667. The van der Waals surface area contributed by atoms with Crippen LogP contribution in [0.4, 0.5) is 0 Å². The minimum absolute atomic E-state index is 0.114. The third-order valence-corrected chi connectivity index (χ3v) is 2.62. The SMILES string of the molecule is C=CC(=O)OCCOP(=O)(O)OCC[NH+](C)C. The topological polar surface area (TPSA) is 86.5 Å². The van der Waals surface area contributed by atoms with E-state index < -0.39 is 13.8 Å². The molecule has 0 bridgehead atoms. The molecule has 0 rings (SSSR count). The quantitative estimate of drug-likeness (QED) is 0.241. The number of quaternary nitrogens is 1. The van der Waals surface area contributed by atoms with E-state index in [4.69, 9.17) is 0 Å². The van der Waals surface area contributed by atoms with Crippen molar-refractivity contribution in [3.63, 3.8) is 0 Å². The van der Waals surface area contributed by atoms with Gasteiger partial charge in [-0.1, -0.05) is 6.58 Å². The van der Waals surface area contributed by atoms with E-state index in [-0.39, 0.29) is 19.8 Å². The molecule has 0 spiro atoms. The molecule has 0 aliphatic heterocycles. The first-order chi connectivity index (χ1) is 7.87. The number of rotatable bonds is 9. The molecule has 0 aliphatic carbocycles. The van der Waals surface area contributed by atoms with E-state index in [0.29, 0.717) is 6.54 Å². The fourth-order valence-corrected chi connectivity index (χ4v) is 1.46. The molecule has 0 saturated heterocycles. The van der Waals surface area contributed by atoms with E-state index in [9.17, 15) is 14.3 Å². The first-order valence-corrected chi connectivity index (χ1v) is 6.57. The average Bonchev–Trinajstić information content (AvgIpc) is 2.23. The molecule has 2 N–H and O–H groups in total. The Morgan fingerprint density at radius 2 is 1.94 bits per heavy atom. The number of phosphoric acid groups is 1. The Morgan fingerprint density at radius 1 is 1.35 bits per heavy atom. The summed E-state index contributed by atoms with van der Waals surface area (Å²) in [6.07, 6.45) is 0.995. The highest BCUT2D eigenvalue weighted by molar-refractivity contribution is 7.47. The van der Waals surface area contributed by atoms with Gasteiger partial charge in [-0.3, -0.25) is 9.05 Å². The van der Waals surface area contributed by atoms with Gasteiger partial charge in [0.1, 0.15) is 19.8 Å². The van der Waals surface area contributed by atoms with Gasteiger partial charge in [-0.25, -0.2) is 9.36 Å². The van der Waals surface area contributed by atoms with Gasteiger partial charge in [0, 0.05) is 6.08 Å². The Kier molecular flexibility index (Phi) is 8.03. The highest BCUT2D eigenvalue weighted by Gasteiger charge is 2.21. The summed E-state index contributed by atoms with van der Waals surface area (Å²) in [6.45, 7) is 3.56. The number of nitrogens with one attached hydrogen (secondary N) is 1. The fourth-order valence-electron chi connectivity index (χ4n) is 0.756. The van der Waals surface area contributed by atoms with Crippen molar-refractivity contribution in [1.29, 1.82) is 0 Å². The summed E-state index contributed by atoms with van der Waals surface area (Å²) in [7, 11) is -0.267. The highest BCUT2D eigenvalue weighted by Crippen LogP contribution is 2.42. The maximum atomic E-state index is 11.3. The zero-order chi connectivity index (χ0) is 13.3. The molecule has 0 aliphatic rings. The second kappa shape index (κ2) is 8.38. The lowest BCUT2D eigenvalue weighted by Crippen LogP contribution is -3.06. The van der Waals surface area contributed by atoms with E-state index >= 15 is 0 Å². The molecule has 7 nitrogen and oxygen atoms in total. The molecule has 0 amide bonds. The van der Waals surface area contributed by atoms with Gasteiger partial charge in [-0.15, -0.1) is 0 Å². The average molecular weight is 268 g/mol. The van der Waals surface area contributed by atoms with Crippen molar-refractivity contribution in [3.8, 4) is 0 Å². The molecule has 8 heteroatoms. The Hall–Kier alpha value is -0.720. The van der Waals surface area contributed by atoms with Crippen LogP contribution in [0.15, 0.2) is 12.7 Å². The Balaban J connectivity index is 3.67. The summed E-state index contributed by atoms with van der Waals surface area (Å²) in [5, 5.41) is 0. The summed E-state index contributed by atoms with van der Waals surface area (Å²) < 4.78 is 25.1. The van der Waals surface area contributed by atoms with E-state index in [1.54, 1.807) is 0 Å². The summed E-state index contributed by atoms with van der Waals surface area (Å²) in [6, 6.07) is 0. The van der Waals surface area contributed by atoms with Crippen LogP contribution < -0.4 is 4.90 Å². The maximum Gasteiger partial charge on any atom is 0.472 e. The van der Waals surface area contributed by atoms with Crippen molar-refractivity contribution in [2.45, 2.75) is 0 Å². The third-order valence-electron chi connectivity index (χ3n) is 1.61. The molecule has 0 fully saturated rings. The van der Waals surface area contributed by atoms with E-state index in [0.717, 1.165) is 11.0 Å². The first-order valence-electron chi connectivity index (χ1n) is 5.07. The van der Waals surface area contributed by atoms with Gasteiger partial charge in [-0.05, 0) is 0 Å². The lowest BCUT2D eigenvalue weighted by atomic mass is 10.6. The number of carbonyl (C=O) groups is 1.